The molecule has 0 radical (unpaired) electrons. The Bertz CT molecular complexity index is 600. The number of rotatable bonds is 6. The lowest BCUT2D eigenvalue weighted by molar-refractivity contribution is -0.123. The van der Waals surface area contributed by atoms with Crippen LogP contribution < -0.4 is 11.1 Å². The third-order valence-corrected chi connectivity index (χ3v) is 3.20. The van der Waals surface area contributed by atoms with Gasteiger partial charge in [-0.2, -0.15) is 0 Å². The number of aryl methyl sites for hydroxylation is 1. The van der Waals surface area contributed by atoms with Gasteiger partial charge in [0.2, 0.25) is 5.91 Å². The summed E-state index contributed by atoms with van der Waals surface area (Å²) in [6, 6.07) is 3.98. The highest BCUT2D eigenvalue weighted by Crippen LogP contribution is 2.09. The molecule has 0 saturated heterocycles. The summed E-state index contributed by atoms with van der Waals surface area (Å²) in [4.78, 5) is 16.2. The van der Waals surface area contributed by atoms with Crippen LogP contribution in [0.25, 0.3) is 5.65 Å². The number of methoxy groups -OCH3 is 1. The van der Waals surface area contributed by atoms with Gasteiger partial charge in [-0.05, 0) is 18.6 Å². The van der Waals surface area contributed by atoms with E-state index in [2.05, 4.69) is 10.3 Å². The van der Waals surface area contributed by atoms with E-state index in [4.69, 9.17) is 10.5 Å². The summed E-state index contributed by atoms with van der Waals surface area (Å²) in [5.74, 6) is -0.0870. The second kappa shape index (κ2) is 9.63. The molecule has 1 atom stereocenters. The van der Waals surface area contributed by atoms with Gasteiger partial charge in [-0.25, -0.2) is 4.98 Å². The summed E-state index contributed by atoms with van der Waals surface area (Å²) in [5, 5.41) is 2.83. The minimum Gasteiger partial charge on any atom is -0.380 e. The second-order valence-electron chi connectivity index (χ2n) is 4.73. The van der Waals surface area contributed by atoms with Crippen LogP contribution in [-0.2, 0) is 16.1 Å². The van der Waals surface area contributed by atoms with Crippen molar-refractivity contribution in [3.8, 4) is 0 Å². The second-order valence-corrected chi connectivity index (χ2v) is 4.73. The first-order valence-electron chi connectivity index (χ1n) is 6.56. The number of pyridine rings is 1. The maximum Gasteiger partial charge on any atom is 0.222 e. The number of halogens is 2. The van der Waals surface area contributed by atoms with Crippen LogP contribution in [0.4, 0.5) is 0 Å². The lowest BCUT2D eigenvalue weighted by atomic mass is 10.2. The molecule has 8 heteroatoms. The average molecular weight is 349 g/mol. The summed E-state index contributed by atoms with van der Waals surface area (Å²) in [6.45, 7) is 2.74. The van der Waals surface area contributed by atoms with Crippen molar-refractivity contribution < 1.29 is 9.53 Å². The monoisotopic (exact) mass is 348 g/mol. The molecule has 0 bridgehead atoms. The molecule has 0 aliphatic rings. The summed E-state index contributed by atoms with van der Waals surface area (Å²) in [6.07, 6.45) is 3.88. The first-order chi connectivity index (χ1) is 9.63. The van der Waals surface area contributed by atoms with Gasteiger partial charge in [0, 0.05) is 26.0 Å². The Hall–Kier alpha value is -1.34. The number of ether oxygens (including phenoxy) is 1. The molecule has 6 nitrogen and oxygen atoms in total. The molecule has 2 aromatic heterocycles. The maximum atomic E-state index is 11.7. The Kier molecular flexibility index (Phi) is 9.04. The van der Waals surface area contributed by atoms with E-state index in [-0.39, 0.29) is 43.2 Å². The summed E-state index contributed by atoms with van der Waals surface area (Å²) >= 11 is 0. The van der Waals surface area contributed by atoms with Crippen molar-refractivity contribution in [2.24, 2.45) is 5.73 Å². The molecule has 0 fully saturated rings. The Morgan fingerprint density at radius 1 is 1.50 bits per heavy atom. The third-order valence-electron chi connectivity index (χ3n) is 3.20. The first-order valence-corrected chi connectivity index (χ1v) is 6.56. The van der Waals surface area contributed by atoms with Gasteiger partial charge in [0.05, 0.1) is 24.8 Å². The number of imidazole rings is 1. The molecule has 0 spiro atoms. The van der Waals surface area contributed by atoms with Gasteiger partial charge in [-0.1, -0.05) is 6.07 Å². The number of nitrogens with zero attached hydrogens (tertiary/aromatic N) is 2. The Morgan fingerprint density at radius 3 is 2.82 bits per heavy atom. The fraction of sp³-hybridized carbons (Fsp3) is 0.429. The predicted molar refractivity (Wildman–Crippen MR) is 90.7 cm³/mol. The van der Waals surface area contributed by atoms with Crippen LogP contribution in [0.5, 0.6) is 0 Å². The van der Waals surface area contributed by atoms with Crippen molar-refractivity contribution in [1.29, 1.82) is 0 Å². The van der Waals surface area contributed by atoms with E-state index in [1.54, 1.807) is 7.11 Å². The van der Waals surface area contributed by atoms with Gasteiger partial charge in [0.1, 0.15) is 5.65 Å². The highest BCUT2D eigenvalue weighted by atomic mass is 35.5. The molecule has 2 rings (SSSR count). The molecule has 1 unspecified atom stereocenters. The van der Waals surface area contributed by atoms with E-state index in [0.29, 0.717) is 13.1 Å². The first kappa shape index (κ1) is 20.7. The van der Waals surface area contributed by atoms with Crippen LogP contribution in [0.15, 0.2) is 24.5 Å². The minimum absolute atomic E-state index is 0. The SMILES string of the molecule is COC(CN)CC(=O)NCc1cn2cccc(C)c2n1.Cl.Cl. The van der Waals surface area contributed by atoms with Crippen LogP contribution in [0.1, 0.15) is 17.7 Å². The average Bonchev–Trinajstić information content (AvgIpc) is 2.87. The highest BCUT2D eigenvalue weighted by molar-refractivity contribution is 5.85. The fourth-order valence-corrected chi connectivity index (χ4v) is 2.02. The molecule has 3 N–H and O–H groups in total. The van der Waals surface area contributed by atoms with Crippen LogP contribution >= 0.6 is 24.8 Å². The van der Waals surface area contributed by atoms with Gasteiger partial charge in [0.25, 0.3) is 0 Å². The molecule has 1 amide bonds. The lowest BCUT2D eigenvalue weighted by Gasteiger charge is -2.11. The molecular formula is C14H22Cl2N4O2. The smallest absolute Gasteiger partial charge is 0.222 e. The number of aromatic nitrogens is 2. The van der Waals surface area contributed by atoms with E-state index in [1.807, 2.05) is 35.9 Å². The van der Waals surface area contributed by atoms with Crippen molar-refractivity contribution >= 4 is 36.4 Å². The van der Waals surface area contributed by atoms with Crippen molar-refractivity contribution in [3.63, 3.8) is 0 Å². The van der Waals surface area contributed by atoms with E-state index in [9.17, 15) is 4.79 Å². The Labute approximate surface area is 142 Å². The molecular weight excluding hydrogens is 327 g/mol. The number of fused-ring (bicyclic) bond motifs is 1. The number of amides is 1. The van der Waals surface area contributed by atoms with E-state index in [0.717, 1.165) is 16.9 Å². The summed E-state index contributed by atoms with van der Waals surface area (Å²) in [7, 11) is 1.55. The van der Waals surface area contributed by atoms with Gasteiger partial charge < -0.3 is 20.2 Å². The summed E-state index contributed by atoms with van der Waals surface area (Å²) in [5.41, 5.74) is 8.33. The standard InChI is InChI=1S/C14H20N4O2.2ClH/c1-10-4-3-5-18-9-11(17-14(10)18)8-16-13(19)6-12(7-15)20-2;;/h3-5,9,12H,6-8,15H2,1-2H3,(H,16,19);2*1H. The lowest BCUT2D eigenvalue weighted by Crippen LogP contribution is -2.31. The van der Waals surface area contributed by atoms with E-state index in [1.165, 1.54) is 0 Å². The van der Waals surface area contributed by atoms with E-state index < -0.39 is 0 Å². The van der Waals surface area contributed by atoms with Gasteiger partial charge in [-0.3, -0.25) is 4.79 Å². The van der Waals surface area contributed by atoms with Crippen molar-refractivity contribution in [1.82, 2.24) is 14.7 Å². The quantitative estimate of drug-likeness (QED) is 0.827. The van der Waals surface area contributed by atoms with Gasteiger partial charge in [0.15, 0.2) is 0 Å². The molecule has 22 heavy (non-hydrogen) atoms. The Balaban J connectivity index is 0.00000220. The van der Waals surface area contributed by atoms with Crippen LogP contribution in [0.3, 0.4) is 0 Å². The Morgan fingerprint density at radius 2 is 2.23 bits per heavy atom. The predicted octanol–water partition coefficient (Wildman–Crippen LogP) is 1.47. The topological polar surface area (TPSA) is 81.6 Å². The molecule has 0 aliphatic carbocycles. The number of carbonyl (C=O) groups is 1. The molecule has 2 aromatic rings. The summed E-state index contributed by atoms with van der Waals surface area (Å²) < 4.78 is 7.03. The highest BCUT2D eigenvalue weighted by Gasteiger charge is 2.11. The molecule has 2 heterocycles. The van der Waals surface area contributed by atoms with Crippen molar-refractivity contribution in [2.45, 2.75) is 26.0 Å². The number of nitrogens with one attached hydrogen (secondary N) is 1. The van der Waals surface area contributed by atoms with Crippen LogP contribution in [-0.4, -0.2) is 35.1 Å². The zero-order valence-corrected chi connectivity index (χ0v) is 14.2. The largest absolute Gasteiger partial charge is 0.380 e. The normalized spacial score (nSPS) is 11.4. The van der Waals surface area contributed by atoms with Gasteiger partial charge >= 0.3 is 0 Å². The zero-order valence-electron chi connectivity index (χ0n) is 12.6. The van der Waals surface area contributed by atoms with Crippen LogP contribution in [0, 0.1) is 6.92 Å². The number of hydrogen-bond donors (Lipinski definition) is 2. The van der Waals surface area contributed by atoms with Crippen molar-refractivity contribution in [3.05, 3.63) is 35.8 Å². The third kappa shape index (κ3) is 5.14. The molecule has 0 aromatic carbocycles. The van der Waals surface area contributed by atoms with Gasteiger partial charge in [-0.15, -0.1) is 24.8 Å². The van der Waals surface area contributed by atoms with Crippen LogP contribution in [0.2, 0.25) is 0 Å². The molecule has 124 valence electrons. The zero-order chi connectivity index (χ0) is 14.5. The van der Waals surface area contributed by atoms with Crippen molar-refractivity contribution in [2.75, 3.05) is 13.7 Å². The van der Waals surface area contributed by atoms with E-state index >= 15 is 0 Å². The molecule has 0 saturated carbocycles. The number of hydrogen-bond acceptors (Lipinski definition) is 4. The number of nitrogens with two attached hydrogens (primary N) is 1. The molecule has 0 aliphatic heterocycles. The fourth-order valence-electron chi connectivity index (χ4n) is 2.02. The minimum atomic E-state index is -0.238. The maximum absolute atomic E-state index is 11.7. The number of carbonyl (C=O) groups excluding carboxylic acids is 1.